The van der Waals surface area contributed by atoms with Crippen molar-refractivity contribution in [3.63, 3.8) is 0 Å². The summed E-state index contributed by atoms with van der Waals surface area (Å²) in [6.45, 7) is 7.58. The van der Waals surface area contributed by atoms with Crippen LogP contribution in [0, 0.1) is 17.2 Å². The van der Waals surface area contributed by atoms with Crippen molar-refractivity contribution in [2.45, 2.75) is 25.8 Å². The Labute approximate surface area is 87.3 Å². The Morgan fingerprint density at radius 1 is 1.50 bits per heavy atom. The molecule has 1 heterocycles. The minimum atomic E-state index is 0.0603. The second-order valence-corrected chi connectivity index (χ2v) is 4.91. The number of likely N-dealkylation sites (tertiary alicyclic amines) is 1. The Morgan fingerprint density at radius 3 is 2.57 bits per heavy atom. The molecule has 1 rings (SSSR count). The van der Waals surface area contributed by atoms with Gasteiger partial charge in [0.1, 0.15) is 0 Å². The molecule has 1 atom stereocenters. The average Bonchev–Trinajstić information content (AvgIpc) is 2.37. The molecule has 0 aliphatic carbocycles. The fraction of sp³-hybridized carbons (Fsp3) is 0.909. The molecule has 0 radical (unpaired) electrons. The molecule has 0 N–H and O–H groups in total. The van der Waals surface area contributed by atoms with Crippen molar-refractivity contribution in [1.29, 1.82) is 5.26 Å². The van der Waals surface area contributed by atoms with Gasteiger partial charge < -0.3 is 4.90 Å². The lowest BCUT2D eigenvalue weighted by Gasteiger charge is -2.34. The van der Waals surface area contributed by atoms with Gasteiger partial charge in [-0.1, -0.05) is 0 Å². The van der Waals surface area contributed by atoms with Gasteiger partial charge in [-0.25, -0.2) is 0 Å². The van der Waals surface area contributed by atoms with E-state index in [0.29, 0.717) is 0 Å². The molecule has 3 nitrogen and oxygen atoms in total. The Kier molecular flexibility index (Phi) is 3.52. The van der Waals surface area contributed by atoms with E-state index in [2.05, 4.69) is 43.8 Å². The maximum Gasteiger partial charge on any atom is 0.0675 e. The fourth-order valence-electron chi connectivity index (χ4n) is 2.09. The Bertz CT molecular complexity index is 227. The SMILES string of the molecule is CN(C)CCN1CCC(C#N)C1(C)C. The van der Waals surface area contributed by atoms with Crippen LogP contribution in [0.3, 0.4) is 0 Å². The summed E-state index contributed by atoms with van der Waals surface area (Å²) in [5, 5.41) is 9.01. The van der Waals surface area contributed by atoms with E-state index < -0.39 is 0 Å². The van der Waals surface area contributed by atoms with Crippen LogP contribution in [-0.2, 0) is 0 Å². The van der Waals surface area contributed by atoms with Crippen LogP contribution in [0.1, 0.15) is 20.3 Å². The van der Waals surface area contributed by atoms with Crippen molar-refractivity contribution in [1.82, 2.24) is 9.80 Å². The second-order valence-electron chi connectivity index (χ2n) is 4.91. The molecule has 0 spiro atoms. The van der Waals surface area contributed by atoms with Gasteiger partial charge >= 0.3 is 0 Å². The van der Waals surface area contributed by atoms with E-state index in [1.165, 1.54) is 0 Å². The third kappa shape index (κ3) is 2.26. The maximum atomic E-state index is 9.01. The first-order valence-electron chi connectivity index (χ1n) is 5.28. The zero-order chi connectivity index (χ0) is 10.8. The third-order valence-electron chi connectivity index (χ3n) is 3.33. The maximum absolute atomic E-state index is 9.01. The van der Waals surface area contributed by atoms with Crippen LogP contribution in [0.4, 0.5) is 0 Å². The molecule has 0 amide bonds. The molecule has 1 unspecified atom stereocenters. The first-order valence-corrected chi connectivity index (χ1v) is 5.28. The lowest BCUT2D eigenvalue weighted by molar-refractivity contribution is 0.143. The molecule has 1 saturated heterocycles. The zero-order valence-electron chi connectivity index (χ0n) is 9.75. The van der Waals surface area contributed by atoms with Gasteiger partial charge in [0, 0.05) is 25.2 Å². The summed E-state index contributed by atoms with van der Waals surface area (Å²) in [5.41, 5.74) is 0.0603. The molecule has 0 bridgehead atoms. The van der Waals surface area contributed by atoms with Crippen LogP contribution in [0.5, 0.6) is 0 Å². The van der Waals surface area contributed by atoms with Crippen LogP contribution >= 0.6 is 0 Å². The highest BCUT2D eigenvalue weighted by Crippen LogP contribution is 2.33. The summed E-state index contributed by atoms with van der Waals surface area (Å²) in [7, 11) is 4.18. The third-order valence-corrected chi connectivity index (χ3v) is 3.33. The molecule has 1 fully saturated rings. The van der Waals surface area contributed by atoms with Crippen molar-refractivity contribution in [2.24, 2.45) is 5.92 Å². The summed E-state index contributed by atoms with van der Waals surface area (Å²) in [6.07, 6.45) is 1.02. The van der Waals surface area contributed by atoms with Gasteiger partial charge in [0.15, 0.2) is 0 Å². The number of nitrogens with zero attached hydrogens (tertiary/aromatic N) is 3. The molecular formula is C11H21N3. The van der Waals surface area contributed by atoms with E-state index in [9.17, 15) is 0 Å². The van der Waals surface area contributed by atoms with E-state index in [1.807, 2.05) is 0 Å². The van der Waals surface area contributed by atoms with E-state index in [1.54, 1.807) is 0 Å². The molecule has 0 aromatic heterocycles. The van der Waals surface area contributed by atoms with Gasteiger partial charge in [0.25, 0.3) is 0 Å². The number of hydrogen-bond acceptors (Lipinski definition) is 3. The van der Waals surface area contributed by atoms with E-state index in [4.69, 9.17) is 5.26 Å². The topological polar surface area (TPSA) is 30.3 Å². The quantitative estimate of drug-likeness (QED) is 0.677. The minimum Gasteiger partial charge on any atom is -0.308 e. The molecule has 3 heteroatoms. The highest BCUT2D eigenvalue weighted by atomic mass is 15.2. The highest BCUT2D eigenvalue weighted by molar-refractivity contribution is 5.05. The van der Waals surface area contributed by atoms with E-state index in [0.717, 1.165) is 26.1 Å². The number of likely N-dealkylation sites (N-methyl/N-ethyl adjacent to an activating group) is 1. The molecule has 0 aromatic rings. The van der Waals surface area contributed by atoms with Crippen molar-refractivity contribution < 1.29 is 0 Å². The van der Waals surface area contributed by atoms with Crippen LogP contribution in [-0.4, -0.2) is 49.1 Å². The summed E-state index contributed by atoms with van der Waals surface area (Å²) >= 11 is 0. The lowest BCUT2D eigenvalue weighted by atomic mass is 9.90. The smallest absolute Gasteiger partial charge is 0.0675 e. The van der Waals surface area contributed by atoms with Gasteiger partial charge in [0.05, 0.1) is 12.0 Å². The predicted molar refractivity (Wildman–Crippen MR) is 57.9 cm³/mol. The van der Waals surface area contributed by atoms with Gasteiger partial charge in [-0.05, 0) is 34.4 Å². The minimum absolute atomic E-state index is 0.0603. The molecule has 1 aliphatic rings. The largest absolute Gasteiger partial charge is 0.308 e. The zero-order valence-corrected chi connectivity index (χ0v) is 9.75. The highest BCUT2D eigenvalue weighted by Gasteiger charge is 2.40. The van der Waals surface area contributed by atoms with E-state index >= 15 is 0 Å². The lowest BCUT2D eigenvalue weighted by Crippen LogP contribution is -2.44. The summed E-state index contributed by atoms with van der Waals surface area (Å²) in [5.74, 6) is 0.199. The summed E-state index contributed by atoms with van der Waals surface area (Å²) in [4.78, 5) is 4.62. The Hall–Kier alpha value is -0.590. The number of nitriles is 1. The Balaban J connectivity index is 2.52. The molecule has 80 valence electrons. The summed E-state index contributed by atoms with van der Waals surface area (Å²) < 4.78 is 0. The number of hydrogen-bond donors (Lipinski definition) is 0. The standard InChI is InChI=1S/C11H21N3/c1-11(2)10(9-12)5-6-14(11)8-7-13(3)4/h10H,5-8H2,1-4H3. The van der Waals surface area contributed by atoms with Crippen LogP contribution in [0.25, 0.3) is 0 Å². The molecule has 0 aromatic carbocycles. The van der Waals surface area contributed by atoms with Crippen LogP contribution in [0.15, 0.2) is 0 Å². The monoisotopic (exact) mass is 195 g/mol. The predicted octanol–water partition coefficient (Wildman–Crippen LogP) is 1.17. The van der Waals surface area contributed by atoms with Crippen molar-refractivity contribution in [3.8, 4) is 6.07 Å². The van der Waals surface area contributed by atoms with Gasteiger partial charge in [-0.3, -0.25) is 4.90 Å². The average molecular weight is 195 g/mol. The first-order chi connectivity index (χ1) is 6.48. The molecular weight excluding hydrogens is 174 g/mol. The van der Waals surface area contributed by atoms with Crippen LogP contribution in [0.2, 0.25) is 0 Å². The normalized spacial score (nSPS) is 26.7. The van der Waals surface area contributed by atoms with Crippen molar-refractivity contribution >= 4 is 0 Å². The van der Waals surface area contributed by atoms with Crippen molar-refractivity contribution in [3.05, 3.63) is 0 Å². The second kappa shape index (κ2) is 4.29. The van der Waals surface area contributed by atoms with Gasteiger partial charge in [0.2, 0.25) is 0 Å². The van der Waals surface area contributed by atoms with Gasteiger partial charge in [-0.2, -0.15) is 5.26 Å². The van der Waals surface area contributed by atoms with E-state index in [-0.39, 0.29) is 11.5 Å². The van der Waals surface area contributed by atoms with Crippen LogP contribution < -0.4 is 0 Å². The molecule has 14 heavy (non-hydrogen) atoms. The van der Waals surface area contributed by atoms with Crippen molar-refractivity contribution in [2.75, 3.05) is 33.7 Å². The fourth-order valence-corrected chi connectivity index (χ4v) is 2.09. The Morgan fingerprint density at radius 2 is 2.14 bits per heavy atom. The first kappa shape index (κ1) is 11.5. The number of rotatable bonds is 3. The van der Waals surface area contributed by atoms with Gasteiger partial charge in [-0.15, -0.1) is 0 Å². The molecule has 1 aliphatic heterocycles. The summed E-state index contributed by atoms with van der Waals surface area (Å²) in [6, 6.07) is 2.42. The molecule has 0 saturated carbocycles.